The Balaban J connectivity index is 2.54. The lowest BCUT2D eigenvalue weighted by atomic mass is 10.1. The second-order valence-electron chi connectivity index (χ2n) is 4.40. The second-order valence-corrected chi connectivity index (χ2v) is 5.66. The van der Waals surface area contributed by atoms with E-state index in [-0.39, 0.29) is 0 Å². The molecule has 0 radical (unpaired) electrons. The molecular weight excluding hydrogens is 240 g/mol. The van der Waals surface area contributed by atoms with E-state index in [0.29, 0.717) is 0 Å². The molecule has 0 bridgehead atoms. The molecule has 0 aliphatic carbocycles. The van der Waals surface area contributed by atoms with Crippen LogP contribution in [0.15, 0.2) is 30.5 Å². The highest BCUT2D eigenvalue weighted by Crippen LogP contribution is 2.34. The number of nitrogens with zero attached hydrogens (tertiary/aromatic N) is 2. The molecule has 3 heteroatoms. The molecule has 0 saturated carbocycles. The summed E-state index contributed by atoms with van der Waals surface area (Å²) in [6.07, 6.45) is 3.94. The quantitative estimate of drug-likeness (QED) is 0.635. The van der Waals surface area contributed by atoms with Crippen molar-refractivity contribution in [2.24, 2.45) is 0 Å². The molecular formula is C15H14N2S. The highest BCUT2D eigenvalue weighted by Gasteiger charge is 2.12. The first kappa shape index (κ1) is 11.4. The van der Waals surface area contributed by atoms with Crippen molar-refractivity contribution >= 4 is 38.0 Å². The third-order valence-electron chi connectivity index (χ3n) is 3.15. The summed E-state index contributed by atoms with van der Waals surface area (Å²) in [6, 6.07) is 6.18. The summed E-state index contributed by atoms with van der Waals surface area (Å²) in [4.78, 5) is 10.5. The van der Waals surface area contributed by atoms with E-state index in [1.165, 1.54) is 20.5 Å². The van der Waals surface area contributed by atoms with E-state index >= 15 is 0 Å². The number of hydrogen-bond donors (Lipinski definition) is 0. The van der Waals surface area contributed by atoms with Crippen LogP contribution in [0.1, 0.15) is 24.4 Å². The summed E-state index contributed by atoms with van der Waals surface area (Å²) in [6.45, 7) is 6.30. The Kier molecular flexibility index (Phi) is 2.63. The van der Waals surface area contributed by atoms with Crippen molar-refractivity contribution < 1.29 is 0 Å². The van der Waals surface area contributed by atoms with Crippen molar-refractivity contribution in [2.75, 3.05) is 0 Å². The summed E-state index contributed by atoms with van der Waals surface area (Å²) in [7, 11) is 0. The fourth-order valence-corrected chi connectivity index (χ4v) is 3.20. The van der Waals surface area contributed by atoms with Gasteiger partial charge in [0.2, 0.25) is 0 Å². The summed E-state index contributed by atoms with van der Waals surface area (Å²) >= 11 is 1.79. The topological polar surface area (TPSA) is 25.8 Å². The molecule has 18 heavy (non-hydrogen) atoms. The maximum atomic E-state index is 4.77. The van der Waals surface area contributed by atoms with Crippen LogP contribution in [0, 0.1) is 6.92 Å². The fraction of sp³-hybridized carbons (Fsp3) is 0.200. The van der Waals surface area contributed by atoms with Gasteiger partial charge in [0.05, 0.1) is 21.4 Å². The van der Waals surface area contributed by atoms with E-state index in [1.807, 2.05) is 18.3 Å². The molecule has 0 aromatic carbocycles. The Hall–Kier alpha value is -1.74. The maximum absolute atomic E-state index is 4.77. The summed E-state index contributed by atoms with van der Waals surface area (Å²) in [5, 5.41) is 1.22. The van der Waals surface area contributed by atoms with Gasteiger partial charge >= 0.3 is 0 Å². The highest BCUT2D eigenvalue weighted by atomic mass is 32.1. The third-order valence-corrected chi connectivity index (χ3v) is 4.21. The van der Waals surface area contributed by atoms with Gasteiger partial charge in [0.15, 0.2) is 0 Å². The normalized spacial score (nSPS) is 12.5. The van der Waals surface area contributed by atoms with Crippen LogP contribution < -0.4 is 0 Å². The number of thiophene rings is 1. The Morgan fingerprint density at radius 2 is 2.22 bits per heavy atom. The average Bonchev–Trinajstić information content (AvgIpc) is 2.78. The van der Waals surface area contributed by atoms with Gasteiger partial charge in [-0.2, -0.15) is 0 Å². The van der Waals surface area contributed by atoms with Crippen molar-refractivity contribution in [3.63, 3.8) is 0 Å². The lowest BCUT2D eigenvalue weighted by Gasteiger charge is -2.05. The van der Waals surface area contributed by atoms with Gasteiger partial charge in [-0.3, -0.25) is 4.98 Å². The first-order chi connectivity index (χ1) is 8.70. The largest absolute Gasteiger partial charge is 0.254 e. The molecule has 0 atom stereocenters. The van der Waals surface area contributed by atoms with Crippen molar-refractivity contribution in [1.29, 1.82) is 0 Å². The van der Waals surface area contributed by atoms with Crippen LogP contribution in [-0.2, 0) is 0 Å². The smallest absolute Gasteiger partial charge is 0.0974 e. The maximum Gasteiger partial charge on any atom is 0.0974 e. The number of hydrogen-bond acceptors (Lipinski definition) is 3. The predicted molar refractivity (Wildman–Crippen MR) is 79.0 cm³/mol. The van der Waals surface area contributed by atoms with Gasteiger partial charge in [0.25, 0.3) is 0 Å². The third kappa shape index (κ3) is 1.63. The first-order valence-corrected chi connectivity index (χ1v) is 6.80. The molecule has 3 aromatic heterocycles. The summed E-state index contributed by atoms with van der Waals surface area (Å²) in [5.74, 6) is 0. The van der Waals surface area contributed by atoms with Gasteiger partial charge in [0, 0.05) is 16.5 Å². The second kappa shape index (κ2) is 4.18. The van der Waals surface area contributed by atoms with E-state index in [4.69, 9.17) is 4.98 Å². The zero-order valence-corrected chi connectivity index (χ0v) is 11.5. The Bertz CT molecular complexity index is 769. The van der Waals surface area contributed by atoms with Crippen LogP contribution in [0.5, 0.6) is 0 Å². The first-order valence-electron chi connectivity index (χ1n) is 5.99. The monoisotopic (exact) mass is 254 g/mol. The number of allylic oxidation sites excluding steroid dienone is 2. The van der Waals surface area contributed by atoms with Crippen LogP contribution in [0.2, 0.25) is 0 Å². The number of pyridine rings is 2. The van der Waals surface area contributed by atoms with Gasteiger partial charge in [-0.05, 0) is 44.5 Å². The van der Waals surface area contributed by atoms with Gasteiger partial charge in [-0.15, -0.1) is 11.3 Å². The standard InChI is InChI=1S/C15H14N2S/c1-4-9(2)13-15-11(8-10(3)18-15)14-12(17-13)6-5-7-16-14/h4-8H,1-3H3/b9-4+. The number of fused-ring (bicyclic) bond motifs is 3. The lowest BCUT2D eigenvalue weighted by Crippen LogP contribution is -1.90. The highest BCUT2D eigenvalue weighted by molar-refractivity contribution is 7.19. The van der Waals surface area contributed by atoms with Crippen LogP contribution in [-0.4, -0.2) is 9.97 Å². The van der Waals surface area contributed by atoms with E-state index in [2.05, 4.69) is 37.9 Å². The van der Waals surface area contributed by atoms with Crippen LogP contribution in [0.25, 0.3) is 26.7 Å². The molecule has 0 aliphatic heterocycles. The predicted octanol–water partition coefficient (Wildman–Crippen LogP) is 4.58. The fourth-order valence-electron chi connectivity index (χ4n) is 2.14. The van der Waals surface area contributed by atoms with Crippen LogP contribution in [0.3, 0.4) is 0 Å². The summed E-state index contributed by atoms with van der Waals surface area (Å²) < 4.78 is 1.24. The number of rotatable bonds is 1. The van der Waals surface area contributed by atoms with Crippen molar-refractivity contribution in [1.82, 2.24) is 9.97 Å². The minimum Gasteiger partial charge on any atom is -0.254 e. The molecule has 0 N–H and O–H groups in total. The number of aromatic nitrogens is 2. The van der Waals surface area contributed by atoms with E-state index in [1.54, 1.807) is 11.3 Å². The van der Waals surface area contributed by atoms with Gasteiger partial charge in [-0.25, -0.2) is 4.98 Å². The van der Waals surface area contributed by atoms with E-state index in [9.17, 15) is 0 Å². The molecule has 3 heterocycles. The molecule has 90 valence electrons. The average molecular weight is 254 g/mol. The lowest BCUT2D eigenvalue weighted by molar-refractivity contribution is 1.33. The Labute approximate surface area is 110 Å². The minimum atomic E-state index is 0.971. The van der Waals surface area contributed by atoms with Crippen molar-refractivity contribution in [3.05, 3.63) is 41.0 Å². The molecule has 3 aromatic rings. The molecule has 0 saturated heterocycles. The Morgan fingerprint density at radius 1 is 1.39 bits per heavy atom. The van der Waals surface area contributed by atoms with Gasteiger partial charge in [0.1, 0.15) is 0 Å². The summed E-state index contributed by atoms with van der Waals surface area (Å²) in [5.41, 5.74) is 4.28. The molecule has 3 rings (SSSR count). The zero-order chi connectivity index (χ0) is 12.7. The minimum absolute atomic E-state index is 0.971. The van der Waals surface area contributed by atoms with Crippen LogP contribution >= 0.6 is 11.3 Å². The molecule has 0 spiro atoms. The van der Waals surface area contributed by atoms with Gasteiger partial charge in [-0.1, -0.05) is 6.08 Å². The Morgan fingerprint density at radius 3 is 3.00 bits per heavy atom. The molecule has 0 fully saturated rings. The van der Waals surface area contributed by atoms with E-state index in [0.717, 1.165) is 16.7 Å². The molecule has 0 amide bonds. The zero-order valence-electron chi connectivity index (χ0n) is 10.7. The molecule has 0 unspecified atom stereocenters. The molecule has 0 aliphatic rings. The van der Waals surface area contributed by atoms with Crippen molar-refractivity contribution in [3.8, 4) is 0 Å². The van der Waals surface area contributed by atoms with E-state index < -0.39 is 0 Å². The number of aryl methyl sites for hydroxylation is 1. The molecule has 2 nitrogen and oxygen atoms in total. The van der Waals surface area contributed by atoms with Crippen molar-refractivity contribution in [2.45, 2.75) is 20.8 Å². The van der Waals surface area contributed by atoms with Crippen LogP contribution in [0.4, 0.5) is 0 Å². The van der Waals surface area contributed by atoms with Gasteiger partial charge < -0.3 is 0 Å². The SMILES string of the molecule is C/C=C(\C)c1nc2cccnc2c2cc(C)sc12.